The summed E-state index contributed by atoms with van der Waals surface area (Å²) < 4.78 is 0. The van der Waals surface area contributed by atoms with Gasteiger partial charge in [-0.3, -0.25) is 0 Å². The van der Waals surface area contributed by atoms with Crippen molar-refractivity contribution in [3.63, 3.8) is 0 Å². The van der Waals surface area contributed by atoms with Crippen molar-refractivity contribution in [1.82, 2.24) is 5.32 Å². The minimum Gasteiger partial charge on any atom is -0.367 e. The molecule has 1 aliphatic heterocycles. The number of nitrogens with one attached hydrogen (secondary N) is 1. The minimum absolute atomic E-state index is 0.720. The molecule has 0 saturated heterocycles. The van der Waals surface area contributed by atoms with E-state index >= 15 is 0 Å². The van der Waals surface area contributed by atoms with Crippen molar-refractivity contribution in [1.29, 1.82) is 0 Å². The van der Waals surface area contributed by atoms with Gasteiger partial charge in [0, 0.05) is 6.42 Å². The van der Waals surface area contributed by atoms with Crippen LogP contribution in [0.2, 0.25) is 0 Å². The van der Waals surface area contributed by atoms with Crippen LogP contribution in [0.1, 0.15) is 5.56 Å². The van der Waals surface area contributed by atoms with Crippen LogP contribution in [0.3, 0.4) is 0 Å². The molecule has 0 atom stereocenters. The molecule has 1 heterocycles. The van der Waals surface area contributed by atoms with Gasteiger partial charge in [-0.1, -0.05) is 42.5 Å². The van der Waals surface area contributed by atoms with E-state index < -0.39 is 0 Å². The predicted molar refractivity (Wildman–Crippen MR) is 58.2 cm³/mol. The molecular weight excluding hydrogens is 180 g/mol. The SMILES string of the molecule is S=C1CNC(Cc2ccccc2)=N1. The standard InChI is InChI=1S/C10H10N2S/c13-10-7-11-9(12-10)6-8-4-2-1-3-5-8/h1-5H,6-7H2,(H,11,12,13). The third-order valence-electron chi connectivity index (χ3n) is 1.92. The molecule has 3 heteroatoms. The molecule has 0 aromatic heterocycles. The molecule has 66 valence electrons. The van der Waals surface area contributed by atoms with Crippen LogP contribution in [0.25, 0.3) is 0 Å². The van der Waals surface area contributed by atoms with Gasteiger partial charge < -0.3 is 5.32 Å². The van der Waals surface area contributed by atoms with E-state index in [9.17, 15) is 0 Å². The first-order valence-corrected chi connectivity index (χ1v) is 4.63. The highest BCUT2D eigenvalue weighted by molar-refractivity contribution is 7.80. The molecule has 0 bridgehead atoms. The van der Waals surface area contributed by atoms with Gasteiger partial charge in [0.15, 0.2) is 0 Å². The molecule has 0 spiro atoms. The van der Waals surface area contributed by atoms with Crippen molar-refractivity contribution in [3.8, 4) is 0 Å². The second kappa shape index (κ2) is 3.66. The van der Waals surface area contributed by atoms with E-state index in [1.165, 1.54) is 5.56 Å². The average molecular weight is 190 g/mol. The molecule has 0 amide bonds. The monoisotopic (exact) mass is 190 g/mol. The van der Waals surface area contributed by atoms with Crippen molar-refractivity contribution in [3.05, 3.63) is 35.9 Å². The summed E-state index contributed by atoms with van der Waals surface area (Å²) in [5, 5.41) is 3.16. The molecule has 0 aliphatic carbocycles. The number of rotatable bonds is 2. The van der Waals surface area contributed by atoms with Gasteiger partial charge in [-0.2, -0.15) is 0 Å². The Bertz CT molecular complexity index is 343. The molecule has 0 fully saturated rings. The van der Waals surface area contributed by atoms with Gasteiger partial charge in [0.2, 0.25) is 0 Å². The van der Waals surface area contributed by atoms with Gasteiger partial charge in [0.25, 0.3) is 0 Å². The van der Waals surface area contributed by atoms with Crippen molar-refractivity contribution in [2.75, 3.05) is 6.54 Å². The Kier molecular flexibility index (Phi) is 2.36. The van der Waals surface area contributed by atoms with Crippen LogP contribution >= 0.6 is 12.2 Å². The lowest BCUT2D eigenvalue weighted by atomic mass is 10.1. The number of hydrogen-bond donors (Lipinski definition) is 1. The van der Waals surface area contributed by atoms with E-state index in [0.29, 0.717) is 0 Å². The van der Waals surface area contributed by atoms with Crippen molar-refractivity contribution in [2.24, 2.45) is 4.99 Å². The van der Waals surface area contributed by atoms with E-state index in [-0.39, 0.29) is 0 Å². The quantitative estimate of drug-likeness (QED) is 0.716. The van der Waals surface area contributed by atoms with E-state index in [1.807, 2.05) is 18.2 Å². The highest BCUT2D eigenvalue weighted by Crippen LogP contribution is 2.02. The molecule has 2 nitrogen and oxygen atoms in total. The van der Waals surface area contributed by atoms with Gasteiger partial charge in [0.1, 0.15) is 10.8 Å². The number of nitrogens with zero attached hydrogens (tertiary/aromatic N) is 1. The van der Waals surface area contributed by atoms with Crippen LogP contribution in [-0.4, -0.2) is 17.4 Å². The van der Waals surface area contributed by atoms with E-state index in [2.05, 4.69) is 22.4 Å². The first kappa shape index (κ1) is 8.38. The fourth-order valence-electron chi connectivity index (χ4n) is 1.30. The van der Waals surface area contributed by atoms with E-state index in [4.69, 9.17) is 12.2 Å². The molecule has 2 rings (SSSR count). The third kappa shape index (κ3) is 2.12. The second-order valence-corrected chi connectivity index (χ2v) is 3.44. The summed E-state index contributed by atoms with van der Waals surface area (Å²) in [4.78, 5) is 4.98. The maximum Gasteiger partial charge on any atom is 0.124 e. The van der Waals surface area contributed by atoms with Gasteiger partial charge in [0.05, 0.1) is 6.54 Å². The Morgan fingerprint density at radius 1 is 1.31 bits per heavy atom. The minimum atomic E-state index is 0.720. The molecular formula is C10H10N2S. The zero-order valence-corrected chi connectivity index (χ0v) is 7.97. The number of benzene rings is 1. The Morgan fingerprint density at radius 2 is 2.08 bits per heavy atom. The number of thiocarbonyl (C=S) groups is 1. The van der Waals surface area contributed by atoms with Crippen LogP contribution in [0, 0.1) is 0 Å². The smallest absolute Gasteiger partial charge is 0.124 e. The highest BCUT2D eigenvalue weighted by atomic mass is 32.1. The number of hydrogen-bond acceptors (Lipinski definition) is 2. The topological polar surface area (TPSA) is 24.4 Å². The normalized spacial score (nSPS) is 15.4. The molecule has 1 aliphatic rings. The van der Waals surface area contributed by atoms with Gasteiger partial charge in [-0.25, -0.2) is 4.99 Å². The zero-order valence-electron chi connectivity index (χ0n) is 7.16. The summed E-state index contributed by atoms with van der Waals surface area (Å²) >= 11 is 4.96. The Balaban J connectivity index is 2.07. The first-order valence-electron chi connectivity index (χ1n) is 4.23. The van der Waals surface area contributed by atoms with Crippen LogP contribution < -0.4 is 5.32 Å². The molecule has 0 unspecified atom stereocenters. The maximum atomic E-state index is 4.96. The summed E-state index contributed by atoms with van der Waals surface area (Å²) in [6, 6.07) is 10.3. The lowest BCUT2D eigenvalue weighted by molar-refractivity contribution is 1.09. The van der Waals surface area contributed by atoms with Crippen LogP contribution in [0.15, 0.2) is 35.3 Å². The van der Waals surface area contributed by atoms with Crippen LogP contribution in [0.4, 0.5) is 0 Å². The molecule has 1 aromatic carbocycles. The molecule has 13 heavy (non-hydrogen) atoms. The van der Waals surface area contributed by atoms with Crippen molar-refractivity contribution < 1.29 is 0 Å². The van der Waals surface area contributed by atoms with Crippen molar-refractivity contribution in [2.45, 2.75) is 6.42 Å². The Labute approximate surface area is 82.7 Å². The number of aliphatic imine (C=N–C) groups is 1. The molecule has 0 radical (unpaired) electrons. The second-order valence-electron chi connectivity index (χ2n) is 2.97. The predicted octanol–water partition coefficient (Wildman–Crippen LogP) is 1.56. The largest absolute Gasteiger partial charge is 0.367 e. The summed E-state index contributed by atoms with van der Waals surface area (Å²) in [7, 11) is 0. The molecule has 1 N–H and O–H groups in total. The van der Waals surface area contributed by atoms with Crippen LogP contribution in [-0.2, 0) is 6.42 Å². The summed E-state index contributed by atoms with van der Waals surface area (Å²) in [5.41, 5.74) is 1.26. The fraction of sp³-hybridized carbons (Fsp3) is 0.200. The summed E-state index contributed by atoms with van der Waals surface area (Å²) in [6.45, 7) is 0.720. The lowest BCUT2D eigenvalue weighted by Crippen LogP contribution is -2.20. The molecule has 0 saturated carbocycles. The van der Waals surface area contributed by atoms with E-state index in [1.54, 1.807) is 0 Å². The zero-order chi connectivity index (χ0) is 9.10. The van der Waals surface area contributed by atoms with E-state index in [0.717, 1.165) is 23.8 Å². The maximum absolute atomic E-state index is 4.96. The fourth-order valence-corrected chi connectivity index (χ4v) is 1.48. The van der Waals surface area contributed by atoms with Gasteiger partial charge in [-0.05, 0) is 5.56 Å². The highest BCUT2D eigenvalue weighted by Gasteiger charge is 2.09. The summed E-state index contributed by atoms with van der Waals surface area (Å²) in [6.07, 6.45) is 0.848. The van der Waals surface area contributed by atoms with Crippen LogP contribution in [0.5, 0.6) is 0 Å². The Hall–Kier alpha value is -1.22. The summed E-state index contributed by atoms with van der Waals surface area (Å²) in [5.74, 6) is 0.983. The van der Waals surface area contributed by atoms with Gasteiger partial charge in [-0.15, -0.1) is 0 Å². The first-order chi connectivity index (χ1) is 6.34. The molecule has 1 aromatic rings. The Morgan fingerprint density at radius 3 is 2.69 bits per heavy atom. The van der Waals surface area contributed by atoms with Gasteiger partial charge >= 0.3 is 0 Å². The average Bonchev–Trinajstić information content (AvgIpc) is 2.53. The number of amidine groups is 1. The lowest BCUT2D eigenvalue weighted by Gasteiger charge is -2.00. The third-order valence-corrected chi connectivity index (χ3v) is 2.15. The van der Waals surface area contributed by atoms with Crippen molar-refractivity contribution >= 4 is 23.0 Å².